The largest absolute Gasteiger partial charge is 0.383 e. The second-order valence-corrected chi connectivity index (χ2v) is 6.33. The SMILES string of the molecule is COCC(Br)CN(C)C(=O)CC1CCCCC1. The van der Waals surface area contributed by atoms with E-state index in [1.807, 2.05) is 11.9 Å². The molecule has 1 atom stereocenters. The van der Waals surface area contributed by atoms with Crippen LogP contribution in [0, 0.1) is 5.92 Å². The molecule has 0 aromatic carbocycles. The summed E-state index contributed by atoms with van der Waals surface area (Å²) in [6.07, 6.45) is 7.13. The van der Waals surface area contributed by atoms with Gasteiger partial charge in [-0.2, -0.15) is 0 Å². The highest BCUT2D eigenvalue weighted by Crippen LogP contribution is 2.26. The summed E-state index contributed by atoms with van der Waals surface area (Å²) in [5, 5.41) is 0. The number of hydrogen-bond donors (Lipinski definition) is 0. The molecule has 1 fully saturated rings. The molecular formula is C13H24BrNO2. The van der Waals surface area contributed by atoms with Gasteiger partial charge < -0.3 is 9.64 Å². The van der Waals surface area contributed by atoms with Crippen molar-refractivity contribution in [2.45, 2.75) is 43.4 Å². The van der Waals surface area contributed by atoms with Gasteiger partial charge in [-0.15, -0.1) is 0 Å². The highest BCUT2D eigenvalue weighted by Gasteiger charge is 2.20. The Morgan fingerprint density at radius 1 is 1.41 bits per heavy atom. The molecule has 1 amide bonds. The Balaban J connectivity index is 2.25. The number of nitrogens with zero attached hydrogens (tertiary/aromatic N) is 1. The highest BCUT2D eigenvalue weighted by molar-refractivity contribution is 9.09. The van der Waals surface area contributed by atoms with E-state index in [2.05, 4.69) is 15.9 Å². The van der Waals surface area contributed by atoms with Crippen LogP contribution in [0.15, 0.2) is 0 Å². The zero-order valence-electron chi connectivity index (χ0n) is 11.0. The van der Waals surface area contributed by atoms with Crippen LogP contribution < -0.4 is 0 Å². The number of halogens is 1. The fourth-order valence-electron chi connectivity index (χ4n) is 2.43. The van der Waals surface area contributed by atoms with Crippen molar-refractivity contribution in [2.24, 2.45) is 5.92 Å². The van der Waals surface area contributed by atoms with Gasteiger partial charge in [0.2, 0.25) is 5.91 Å². The van der Waals surface area contributed by atoms with Gasteiger partial charge in [0.1, 0.15) is 0 Å². The first-order valence-electron chi connectivity index (χ1n) is 6.50. The van der Waals surface area contributed by atoms with E-state index >= 15 is 0 Å². The van der Waals surface area contributed by atoms with Crippen molar-refractivity contribution in [1.82, 2.24) is 4.90 Å². The molecule has 1 rings (SSSR count). The Labute approximate surface area is 113 Å². The maximum absolute atomic E-state index is 12.0. The Hall–Kier alpha value is -0.0900. The molecule has 0 heterocycles. The summed E-state index contributed by atoms with van der Waals surface area (Å²) in [7, 11) is 3.56. The number of hydrogen-bond acceptors (Lipinski definition) is 2. The van der Waals surface area contributed by atoms with Gasteiger partial charge in [-0.3, -0.25) is 4.79 Å². The Bertz CT molecular complexity index is 229. The van der Waals surface area contributed by atoms with E-state index in [0.717, 1.165) is 13.0 Å². The van der Waals surface area contributed by atoms with Crippen LogP contribution in [-0.4, -0.2) is 42.9 Å². The zero-order valence-corrected chi connectivity index (χ0v) is 12.5. The van der Waals surface area contributed by atoms with Gasteiger partial charge in [0.15, 0.2) is 0 Å². The molecule has 0 aliphatic heterocycles. The number of alkyl halides is 1. The van der Waals surface area contributed by atoms with Gasteiger partial charge in [0.25, 0.3) is 0 Å². The molecule has 0 saturated heterocycles. The maximum atomic E-state index is 12.0. The molecule has 0 radical (unpaired) electrons. The third-order valence-electron chi connectivity index (χ3n) is 3.43. The first-order chi connectivity index (χ1) is 8.13. The molecule has 0 spiro atoms. The quantitative estimate of drug-likeness (QED) is 0.706. The van der Waals surface area contributed by atoms with Crippen LogP contribution in [0.2, 0.25) is 0 Å². The first-order valence-corrected chi connectivity index (χ1v) is 7.42. The van der Waals surface area contributed by atoms with E-state index in [9.17, 15) is 4.79 Å². The fraction of sp³-hybridized carbons (Fsp3) is 0.923. The molecule has 1 aliphatic carbocycles. The summed E-state index contributed by atoms with van der Waals surface area (Å²) in [4.78, 5) is 14.1. The summed E-state index contributed by atoms with van der Waals surface area (Å²) in [6, 6.07) is 0. The van der Waals surface area contributed by atoms with Gasteiger partial charge >= 0.3 is 0 Å². The normalized spacial score (nSPS) is 19.0. The lowest BCUT2D eigenvalue weighted by atomic mass is 9.87. The third kappa shape index (κ3) is 5.87. The maximum Gasteiger partial charge on any atom is 0.222 e. The topological polar surface area (TPSA) is 29.5 Å². The van der Waals surface area contributed by atoms with Crippen molar-refractivity contribution in [1.29, 1.82) is 0 Å². The third-order valence-corrected chi connectivity index (χ3v) is 3.99. The zero-order chi connectivity index (χ0) is 12.7. The van der Waals surface area contributed by atoms with Gasteiger partial charge in [0, 0.05) is 27.1 Å². The minimum absolute atomic E-state index is 0.229. The number of ether oxygens (including phenoxy) is 1. The molecule has 0 N–H and O–H groups in total. The minimum atomic E-state index is 0.229. The lowest BCUT2D eigenvalue weighted by molar-refractivity contribution is -0.131. The smallest absolute Gasteiger partial charge is 0.222 e. The van der Waals surface area contributed by atoms with Crippen molar-refractivity contribution >= 4 is 21.8 Å². The summed E-state index contributed by atoms with van der Waals surface area (Å²) >= 11 is 3.51. The predicted octanol–water partition coefficient (Wildman–Crippen LogP) is 2.83. The molecule has 0 aromatic heterocycles. The van der Waals surface area contributed by atoms with E-state index in [0.29, 0.717) is 12.5 Å². The van der Waals surface area contributed by atoms with Crippen molar-refractivity contribution in [3.63, 3.8) is 0 Å². The fourth-order valence-corrected chi connectivity index (χ4v) is 3.13. The van der Waals surface area contributed by atoms with Crippen molar-refractivity contribution in [3.05, 3.63) is 0 Å². The molecule has 3 nitrogen and oxygen atoms in total. The molecule has 17 heavy (non-hydrogen) atoms. The molecule has 1 saturated carbocycles. The average Bonchev–Trinajstić information content (AvgIpc) is 2.30. The standard InChI is InChI=1S/C13H24BrNO2/c1-15(9-12(14)10-17-2)13(16)8-11-6-4-3-5-7-11/h11-12H,3-10H2,1-2H3. The Kier molecular flexibility index (Phi) is 7.12. The molecule has 1 aliphatic rings. The molecular weight excluding hydrogens is 282 g/mol. The van der Waals surface area contributed by atoms with Crippen LogP contribution in [0.1, 0.15) is 38.5 Å². The number of methoxy groups -OCH3 is 1. The summed E-state index contributed by atoms with van der Waals surface area (Å²) in [5.74, 6) is 0.896. The number of carbonyl (C=O) groups is 1. The summed E-state index contributed by atoms with van der Waals surface area (Å²) < 4.78 is 5.05. The highest BCUT2D eigenvalue weighted by atomic mass is 79.9. The molecule has 0 bridgehead atoms. The second-order valence-electron chi connectivity index (χ2n) is 5.04. The van der Waals surface area contributed by atoms with Crippen molar-refractivity contribution in [3.8, 4) is 0 Å². The lowest BCUT2D eigenvalue weighted by Crippen LogP contribution is -2.34. The van der Waals surface area contributed by atoms with Crippen molar-refractivity contribution in [2.75, 3.05) is 27.3 Å². The minimum Gasteiger partial charge on any atom is -0.383 e. The summed E-state index contributed by atoms with van der Waals surface area (Å²) in [5.41, 5.74) is 0. The number of carbonyl (C=O) groups excluding carboxylic acids is 1. The second kappa shape index (κ2) is 8.09. The van der Waals surface area contributed by atoms with E-state index < -0.39 is 0 Å². The van der Waals surface area contributed by atoms with E-state index in [1.54, 1.807) is 7.11 Å². The number of rotatable bonds is 6. The van der Waals surface area contributed by atoms with Crippen LogP contribution in [0.5, 0.6) is 0 Å². The van der Waals surface area contributed by atoms with Gasteiger partial charge in [-0.25, -0.2) is 0 Å². The van der Waals surface area contributed by atoms with Gasteiger partial charge in [0.05, 0.1) is 11.4 Å². The number of amides is 1. The monoisotopic (exact) mass is 305 g/mol. The van der Waals surface area contributed by atoms with Crippen LogP contribution in [0.3, 0.4) is 0 Å². The predicted molar refractivity (Wildman–Crippen MR) is 73.4 cm³/mol. The van der Waals surface area contributed by atoms with E-state index in [1.165, 1.54) is 32.1 Å². The van der Waals surface area contributed by atoms with Crippen LogP contribution in [0.25, 0.3) is 0 Å². The lowest BCUT2D eigenvalue weighted by Gasteiger charge is -2.25. The van der Waals surface area contributed by atoms with Crippen LogP contribution in [-0.2, 0) is 9.53 Å². The van der Waals surface area contributed by atoms with Gasteiger partial charge in [-0.1, -0.05) is 35.2 Å². The van der Waals surface area contributed by atoms with Gasteiger partial charge in [-0.05, 0) is 18.8 Å². The summed E-state index contributed by atoms with van der Waals surface area (Å²) in [6.45, 7) is 1.36. The molecule has 4 heteroatoms. The molecule has 0 aromatic rings. The Morgan fingerprint density at radius 3 is 2.65 bits per heavy atom. The van der Waals surface area contributed by atoms with Crippen LogP contribution in [0.4, 0.5) is 0 Å². The van der Waals surface area contributed by atoms with Crippen molar-refractivity contribution < 1.29 is 9.53 Å². The Morgan fingerprint density at radius 2 is 2.06 bits per heavy atom. The molecule has 1 unspecified atom stereocenters. The van der Waals surface area contributed by atoms with E-state index in [4.69, 9.17) is 4.74 Å². The molecule has 100 valence electrons. The van der Waals surface area contributed by atoms with E-state index in [-0.39, 0.29) is 10.7 Å². The first kappa shape index (κ1) is 15.0. The van der Waals surface area contributed by atoms with Crippen LogP contribution >= 0.6 is 15.9 Å². The average molecular weight is 306 g/mol.